The fraction of sp³-hybridized carbons (Fsp3) is 0.238. The maximum absolute atomic E-state index is 12.9. The number of nitriles is 1. The quantitative estimate of drug-likeness (QED) is 0.350. The van der Waals surface area contributed by atoms with Crippen molar-refractivity contribution in [1.29, 1.82) is 5.26 Å². The highest BCUT2D eigenvalue weighted by atomic mass is 32.2. The largest absolute Gasteiger partial charge is 0.385 e. The molecule has 1 aromatic heterocycles. The normalized spacial score (nSPS) is 10.6. The van der Waals surface area contributed by atoms with Crippen LogP contribution in [0.1, 0.15) is 12.0 Å². The molecule has 0 atom stereocenters. The summed E-state index contributed by atoms with van der Waals surface area (Å²) in [6.07, 6.45) is 0.664. The van der Waals surface area contributed by atoms with Gasteiger partial charge in [-0.2, -0.15) is 5.26 Å². The number of para-hydroxylation sites is 1. The molecule has 0 saturated heterocycles. The highest BCUT2D eigenvalue weighted by Crippen LogP contribution is 2.19. The summed E-state index contributed by atoms with van der Waals surface area (Å²) in [5.41, 5.74) is 1.50. The Kier molecular flexibility index (Phi) is 7.00. The first-order chi connectivity index (χ1) is 14.1. The zero-order valence-electron chi connectivity index (χ0n) is 15.9. The van der Waals surface area contributed by atoms with E-state index in [0.29, 0.717) is 46.9 Å². The number of rotatable bonds is 8. The molecular weight excluding hydrogens is 388 g/mol. The van der Waals surface area contributed by atoms with Crippen LogP contribution in [0.3, 0.4) is 0 Å². The van der Waals surface area contributed by atoms with Crippen LogP contribution in [-0.2, 0) is 16.1 Å². The van der Waals surface area contributed by atoms with Crippen molar-refractivity contribution in [3.05, 3.63) is 64.4 Å². The number of ether oxygens (including phenoxy) is 1. The lowest BCUT2D eigenvalue weighted by Crippen LogP contribution is -2.25. The Balaban J connectivity index is 1.78. The summed E-state index contributed by atoms with van der Waals surface area (Å²) < 4.78 is 6.68. The summed E-state index contributed by atoms with van der Waals surface area (Å²) in [5.74, 6) is -0.151. The molecule has 0 spiro atoms. The molecule has 1 N–H and O–H groups in total. The number of hydrogen-bond acceptors (Lipinski definition) is 6. The summed E-state index contributed by atoms with van der Waals surface area (Å²) in [6, 6.07) is 15.9. The van der Waals surface area contributed by atoms with Crippen molar-refractivity contribution in [2.24, 2.45) is 0 Å². The molecule has 3 aromatic rings. The average Bonchev–Trinajstić information content (AvgIpc) is 2.74. The Morgan fingerprint density at radius 1 is 1.28 bits per heavy atom. The SMILES string of the molecule is COCCCn1c(SCC(=O)Nc2cccc(C#N)c2)nc2ccccc2c1=O. The van der Waals surface area contributed by atoms with Gasteiger partial charge in [0.05, 0.1) is 28.3 Å². The Labute approximate surface area is 172 Å². The van der Waals surface area contributed by atoms with Gasteiger partial charge < -0.3 is 10.1 Å². The minimum atomic E-state index is -0.240. The van der Waals surface area contributed by atoms with E-state index < -0.39 is 0 Å². The van der Waals surface area contributed by atoms with Gasteiger partial charge in [0.1, 0.15) is 0 Å². The van der Waals surface area contributed by atoms with Crippen LogP contribution in [0.15, 0.2) is 58.5 Å². The van der Waals surface area contributed by atoms with Crippen molar-refractivity contribution in [2.45, 2.75) is 18.1 Å². The van der Waals surface area contributed by atoms with Crippen LogP contribution in [0.2, 0.25) is 0 Å². The molecule has 3 rings (SSSR count). The van der Waals surface area contributed by atoms with E-state index in [9.17, 15) is 9.59 Å². The number of nitrogens with one attached hydrogen (secondary N) is 1. The highest BCUT2D eigenvalue weighted by Gasteiger charge is 2.13. The second-order valence-corrected chi connectivity index (χ2v) is 7.19. The van der Waals surface area contributed by atoms with Crippen LogP contribution in [0.4, 0.5) is 5.69 Å². The van der Waals surface area contributed by atoms with Gasteiger partial charge in [-0.15, -0.1) is 0 Å². The van der Waals surface area contributed by atoms with Crippen molar-refractivity contribution in [2.75, 3.05) is 24.8 Å². The number of carbonyl (C=O) groups is 1. The first-order valence-corrected chi connectivity index (χ1v) is 10.0. The molecule has 29 heavy (non-hydrogen) atoms. The highest BCUT2D eigenvalue weighted by molar-refractivity contribution is 7.99. The minimum absolute atomic E-state index is 0.0891. The summed E-state index contributed by atoms with van der Waals surface area (Å²) in [7, 11) is 1.61. The Morgan fingerprint density at radius 3 is 2.90 bits per heavy atom. The lowest BCUT2D eigenvalue weighted by atomic mass is 10.2. The van der Waals surface area contributed by atoms with Crippen LogP contribution in [0.5, 0.6) is 0 Å². The third-order valence-electron chi connectivity index (χ3n) is 4.16. The van der Waals surface area contributed by atoms with E-state index in [1.54, 1.807) is 54.1 Å². The Bertz CT molecular complexity index is 1120. The summed E-state index contributed by atoms with van der Waals surface area (Å²) in [6.45, 7) is 0.984. The molecule has 148 valence electrons. The van der Waals surface area contributed by atoms with Gasteiger partial charge in [0.2, 0.25) is 5.91 Å². The van der Waals surface area contributed by atoms with E-state index in [-0.39, 0.29) is 17.2 Å². The number of methoxy groups -OCH3 is 1. The number of thioether (sulfide) groups is 1. The number of fused-ring (bicyclic) bond motifs is 1. The molecule has 0 saturated carbocycles. The number of anilines is 1. The Hall–Kier alpha value is -3.15. The molecule has 1 amide bonds. The number of amides is 1. The van der Waals surface area contributed by atoms with Crippen LogP contribution < -0.4 is 10.9 Å². The molecular formula is C21H20N4O3S. The fourth-order valence-corrected chi connectivity index (χ4v) is 3.64. The number of carbonyl (C=O) groups excluding carboxylic acids is 1. The van der Waals surface area contributed by atoms with E-state index in [0.717, 1.165) is 0 Å². The number of hydrogen-bond donors (Lipinski definition) is 1. The third kappa shape index (κ3) is 5.22. The second kappa shape index (κ2) is 9.87. The third-order valence-corrected chi connectivity index (χ3v) is 5.14. The topological polar surface area (TPSA) is 97.0 Å². The lowest BCUT2D eigenvalue weighted by Gasteiger charge is -2.13. The maximum atomic E-state index is 12.9. The number of nitrogens with zero attached hydrogens (tertiary/aromatic N) is 3. The van der Waals surface area contributed by atoms with Crippen LogP contribution >= 0.6 is 11.8 Å². The summed E-state index contributed by atoms with van der Waals surface area (Å²) >= 11 is 1.21. The molecule has 0 aliphatic carbocycles. The van der Waals surface area contributed by atoms with Gasteiger partial charge in [-0.3, -0.25) is 14.2 Å². The zero-order chi connectivity index (χ0) is 20.6. The molecule has 0 radical (unpaired) electrons. The fourth-order valence-electron chi connectivity index (χ4n) is 2.82. The van der Waals surface area contributed by atoms with Gasteiger partial charge in [0, 0.05) is 25.9 Å². The molecule has 0 unspecified atom stereocenters. The minimum Gasteiger partial charge on any atom is -0.385 e. The Morgan fingerprint density at radius 2 is 2.10 bits per heavy atom. The molecule has 8 heteroatoms. The molecule has 0 aliphatic rings. The van der Waals surface area contributed by atoms with Crippen LogP contribution in [0, 0.1) is 11.3 Å². The van der Waals surface area contributed by atoms with Gasteiger partial charge in [0.25, 0.3) is 5.56 Å². The standard InChI is InChI=1S/C21H20N4O3S/c1-28-11-5-10-25-20(27)17-8-2-3-9-18(17)24-21(25)29-14-19(26)23-16-7-4-6-15(12-16)13-22/h2-4,6-9,12H,5,10-11,14H2,1H3,(H,23,26). The molecule has 1 heterocycles. The first kappa shape index (κ1) is 20.6. The van der Waals surface area contributed by atoms with Gasteiger partial charge in [0.15, 0.2) is 5.16 Å². The van der Waals surface area contributed by atoms with Crippen molar-refractivity contribution in [3.8, 4) is 6.07 Å². The smallest absolute Gasteiger partial charge is 0.262 e. The van der Waals surface area contributed by atoms with E-state index in [4.69, 9.17) is 10.00 Å². The van der Waals surface area contributed by atoms with Crippen LogP contribution in [-0.4, -0.2) is 34.9 Å². The zero-order valence-corrected chi connectivity index (χ0v) is 16.7. The van der Waals surface area contributed by atoms with E-state index in [1.807, 2.05) is 12.1 Å². The molecule has 0 fully saturated rings. The first-order valence-electron chi connectivity index (χ1n) is 9.03. The number of benzene rings is 2. The maximum Gasteiger partial charge on any atom is 0.262 e. The van der Waals surface area contributed by atoms with Crippen molar-refractivity contribution in [1.82, 2.24) is 9.55 Å². The van der Waals surface area contributed by atoms with Crippen molar-refractivity contribution in [3.63, 3.8) is 0 Å². The molecule has 2 aromatic carbocycles. The number of aromatic nitrogens is 2. The van der Waals surface area contributed by atoms with Gasteiger partial charge in [-0.1, -0.05) is 30.0 Å². The van der Waals surface area contributed by atoms with E-state index in [2.05, 4.69) is 10.3 Å². The summed E-state index contributed by atoms with van der Waals surface area (Å²) in [4.78, 5) is 29.8. The summed E-state index contributed by atoms with van der Waals surface area (Å²) in [5, 5.41) is 12.8. The van der Waals surface area contributed by atoms with Gasteiger partial charge in [-0.05, 0) is 36.8 Å². The molecule has 0 aliphatic heterocycles. The van der Waals surface area contributed by atoms with Crippen molar-refractivity contribution < 1.29 is 9.53 Å². The predicted molar refractivity (Wildman–Crippen MR) is 113 cm³/mol. The average molecular weight is 408 g/mol. The van der Waals surface area contributed by atoms with Crippen molar-refractivity contribution >= 4 is 34.3 Å². The molecule has 0 bridgehead atoms. The lowest BCUT2D eigenvalue weighted by molar-refractivity contribution is -0.113. The van der Waals surface area contributed by atoms with E-state index in [1.165, 1.54) is 11.8 Å². The molecule has 7 nitrogen and oxygen atoms in total. The van der Waals surface area contributed by atoms with Crippen LogP contribution in [0.25, 0.3) is 10.9 Å². The monoisotopic (exact) mass is 408 g/mol. The van der Waals surface area contributed by atoms with E-state index >= 15 is 0 Å². The van der Waals surface area contributed by atoms with Gasteiger partial charge >= 0.3 is 0 Å². The second-order valence-electron chi connectivity index (χ2n) is 6.24. The van der Waals surface area contributed by atoms with Gasteiger partial charge in [-0.25, -0.2) is 4.98 Å². The predicted octanol–water partition coefficient (Wildman–Crippen LogP) is 3.04.